The van der Waals surface area contributed by atoms with E-state index in [-0.39, 0.29) is 23.6 Å². The molecule has 0 saturated carbocycles. The van der Waals surface area contributed by atoms with Crippen LogP contribution in [0.5, 0.6) is 0 Å². The first kappa shape index (κ1) is 15.2. The van der Waals surface area contributed by atoms with E-state index in [4.69, 9.17) is 4.42 Å². The number of hydrogen-bond donors (Lipinski definition) is 1. The Bertz CT molecular complexity index is 808. The van der Waals surface area contributed by atoms with Gasteiger partial charge in [-0.1, -0.05) is 29.4 Å². The Balaban J connectivity index is 1.59. The van der Waals surface area contributed by atoms with Gasteiger partial charge in [-0.3, -0.25) is 10.1 Å². The molecule has 0 saturated heterocycles. The number of thioether (sulfide) groups is 1. The van der Waals surface area contributed by atoms with Gasteiger partial charge in [0.1, 0.15) is 5.82 Å². The highest BCUT2D eigenvalue weighted by Gasteiger charge is 2.12. The van der Waals surface area contributed by atoms with Crippen molar-refractivity contribution in [3.05, 3.63) is 60.4 Å². The zero-order valence-electron chi connectivity index (χ0n) is 11.9. The quantitative estimate of drug-likeness (QED) is 0.724. The minimum Gasteiger partial charge on any atom is -0.403 e. The van der Waals surface area contributed by atoms with Crippen LogP contribution in [-0.2, 0) is 4.79 Å². The van der Waals surface area contributed by atoms with Gasteiger partial charge in [-0.15, -0.1) is 16.9 Å². The van der Waals surface area contributed by atoms with Gasteiger partial charge in [0.25, 0.3) is 0 Å². The van der Waals surface area contributed by atoms with Gasteiger partial charge >= 0.3 is 6.01 Å². The molecule has 0 atom stereocenters. The lowest BCUT2D eigenvalue weighted by Gasteiger charge is -2.01. The normalized spacial score (nSPS) is 10.5. The summed E-state index contributed by atoms with van der Waals surface area (Å²) in [4.78, 5) is 12.9. The molecule has 23 heavy (non-hydrogen) atoms. The molecule has 1 N–H and O–H groups in total. The molecule has 116 valence electrons. The van der Waals surface area contributed by atoms with Crippen molar-refractivity contribution >= 4 is 23.7 Å². The molecule has 1 heterocycles. The van der Waals surface area contributed by atoms with Crippen LogP contribution in [0.4, 0.5) is 10.4 Å². The van der Waals surface area contributed by atoms with Crippen molar-refractivity contribution in [1.29, 1.82) is 0 Å². The molecule has 0 radical (unpaired) electrons. The lowest BCUT2D eigenvalue weighted by molar-refractivity contribution is -0.113. The molecule has 7 heteroatoms. The zero-order chi connectivity index (χ0) is 16.1. The molecule has 0 fully saturated rings. The van der Waals surface area contributed by atoms with Crippen LogP contribution >= 0.6 is 11.8 Å². The maximum Gasteiger partial charge on any atom is 0.322 e. The van der Waals surface area contributed by atoms with Crippen molar-refractivity contribution in [3.8, 4) is 11.5 Å². The van der Waals surface area contributed by atoms with Gasteiger partial charge in [-0.25, -0.2) is 4.39 Å². The molecule has 3 rings (SSSR count). The molecular formula is C16H12FN3O2S. The first-order valence-electron chi connectivity index (χ1n) is 6.78. The summed E-state index contributed by atoms with van der Waals surface area (Å²) in [5, 5.41) is 10.1. The summed E-state index contributed by atoms with van der Waals surface area (Å²) in [5.41, 5.74) is 0.455. The Morgan fingerprint density at radius 2 is 1.96 bits per heavy atom. The van der Waals surface area contributed by atoms with E-state index in [9.17, 15) is 9.18 Å². The van der Waals surface area contributed by atoms with E-state index in [1.54, 1.807) is 12.1 Å². The predicted octanol–water partition coefficient (Wildman–Crippen LogP) is 3.61. The van der Waals surface area contributed by atoms with Crippen LogP contribution in [0.2, 0.25) is 0 Å². The largest absolute Gasteiger partial charge is 0.403 e. The van der Waals surface area contributed by atoms with Crippen molar-refractivity contribution < 1.29 is 13.6 Å². The first-order chi connectivity index (χ1) is 11.2. The molecule has 5 nitrogen and oxygen atoms in total. The second kappa shape index (κ2) is 7.06. The van der Waals surface area contributed by atoms with Crippen molar-refractivity contribution in [3.63, 3.8) is 0 Å². The van der Waals surface area contributed by atoms with E-state index in [0.717, 1.165) is 4.90 Å². The fourth-order valence-corrected chi connectivity index (χ4v) is 2.55. The second-order valence-corrected chi connectivity index (χ2v) is 5.62. The average Bonchev–Trinajstić information content (AvgIpc) is 3.02. The molecule has 0 spiro atoms. The van der Waals surface area contributed by atoms with E-state index < -0.39 is 5.82 Å². The summed E-state index contributed by atoms with van der Waals surface area (Å²) in [7, 11) is 0. The van der Waals surface area contributed by atoms with E-state index in [2.05, 4.69) is 15.5 Å². The fraction of sp³-hybridized carbons (Fsp3) is 0.0625. The molecule has 2 aromatic carbocycles. The lowest BCUT2D eigenvalue weighted by atomic mass is 10.2. The molecule has 0 aliphatic carbocycles. The highest BCUT2D eigenvalue weighted by Crippen LogP contribution is 2.21. The Labute approximate surface area is 135 Å². The van der Waals surface area contributed by atoms with Crippen LogP contribution in [0.25, 0.3) is 11.5 Å². The number of carbonyl (C=O) groups is 1. The number of nitrogens with one attached hydrogen (secondary N) is 1. The van der Waals surface area contributed by atoms with Crippen LogP contribution < -0.4 is 5.32 Å². The maximum absolute atomic E-state index is 13.2. The Hall–Kier alpha value is -2.67. The molecule has 1 amide bonds. The molecule has 0 aliphatic rings. The van der Waals surface area contributed by atoms with Gasteiger partial charge in [0.05, 0.1) is 5.75 Å². The third-order valence-corrected chi connectivity index (χ3v) is 3.87. The van der Waals surface area contributed by atoms with Crippen molar-refractivity contribution in [1.82, 2.24) is 10.2 Å². The van der Waals surface area contributed by atoms with E-state index in [1.165, 1.54) is 23.9 Å². The van der Waals surface area contributed by atoms with Gasteiger partial charge in [-0.05, 0) is 30.3 Å². The third-order valence-electron chi connectivity index (χ3n) is 2.86. The van der Waals surface area contributed by atoms with Crippen LogP contribution in [-0.4, -0.2) is 21.9 Å². The van der Waals surface area contributed by atoms with Crippen molar-refractivity contribution in [2.24, 2.45) is 0 Å². The van der Waals surface area contributed by atoms with Gasteiger partial charge in [0.15, 0.2) is 0 Å². The fourth-order valence-electron chi connectivity index (χ4n) is 1.83. The van der Waals surface area contributed by atoms with E-state index in [1.807, 2.05) is 30.3 Å². The number of hydrogen-bond acceptors (Lipinski definition) is 5. The first-order valence-corrected chi connectivity index (χ1v) is 7.76. The summed E-state index contributed by atoms with van der Waals surface area (Å²) in [6, 6.07) is 15.4. The zero-order valence-corrected chi connectivity index (χ0v) is 12.7. The minimum absolute atomic E-state index is 0.0112. The van der Waals surface area contributed by atoms with Crippen molar-refractivity contribution in [2.45, 2.75) is 4.90 Å². The number of carbonyl (C=O) groups excluding carboxylic acids is 1. The highest BCUT2D eigenvalue weighted by atomic mass is 32.2. The smallest absolute Gasteiger partial charge is 0.322 e. The van der Waals surface area contributed by atoms with Crippen molar-refractivity contribution in [2.75, 3.05) is 11.1 Å². The number of anilines is 1. The minimum atomic E-state index is -0.398. The summed E-state index contributed by atoms with van der Waals surface area (Å²) < 4.78 is 18.5. The second-order valence-electron chi connectivity index (χ2n) is 4.57. The van der Waals surface area contributed by atoms with Crippen LogP contribution in [0, 0.1) is 5.82 Å². The molecule has 0 bridgehead atoms. The summed E-state index contributed by atoms with van der Waals surface area (Å²) >= 11 is 1.40. The SMILES string of the molecule is O=C(CSc1ccccc1)Nc1nnc(-c2cccc(F)c2)o1. The Morgan fingerprint density at radius 1 is 1.13 bits per heavy atom. The molecule has 3 aromatic rings. The molecular weight excluding hydrogens is 317 g/mol. The average molecular weight is 329 g/mol. The van der Waals surface area contributed by atoms with Crippen LogP contribution in [0.15, 0.2) is 63.9 Å². The van der Waals surface area contributed by atoms with Crippen LogP contribution in [0.1, 0.15) is 0 Å². The summed E-state index contributed by atoms with van der Waals surface area (Å²) in [6.45, 7) is 0. The summed E-state index contributed by atoms with van der Waals surface area (Å²) in [6.07, 6.45) is 0. The Kier molecular flexibility index (Phi) is 4.68. The highest BCUT2D eigenvalue weighted by molar-refractivity contribution is 8.00. The van der Waals surface area contributed by atoms with Gasteiger partial charge in [0, 0.05) is 10.5 Å². The molecule has 1 aromatic heterocycles. The Morgan fingerprint density at radius 3 is 2.74 bits per heavy atom. The molecule has 0 unspecified atom stereocenters. The number of halogens is 1. The number of rotatable bonds is 5. The third kappa shape index (κ3) is 4.17. The predicted molar refractivity (Wildman–Crippen MR) is 85.5 cm³/mol. The summed E-state index contributed by atoms with van der Waals surface area (Å²) in [5.74, 6) is -0.281. The number of aromatic nitrogens is 2. The lowest BCUT2D eigenvalue weighted by Crippen LogP contribution is -2.14. The van der Waals surface area contributed by atoms with Crippen LogP contribution in [0.3, 0.4) is 0 Å². The van der Waals surface area contributed by atoms with Gasteiger partial charge in [-0.2, -0.15) is 0 Å². The monoisotopic (exact) mass is 329 g/mol. The maximum atomic E-state index is 13.2. The van der Waals surface area contributed by atoms with E-state index >= 15 is 0 Å². The van der Waals surface area contributed by atoms with E-state index in [0.29, 0.717) is 5.56 Å². The van der Waals surface area contributed by atoms with Gasteiger partial charge in [0.2, 0.25) is 11.8 Å². The standard InChI is InChI=1S/C16H12FN3O2S/c17-12-6-4-5-11(9-12)15-19-20-16(22-15)18-14(21)10-23-13-7-2-1-3-8-13/h1-9H,10H2,(H,18,20,21). The van der Waals surface area contributed by atoms with Gasteiger partial charge < -0.3 is 4.42 Å². The molecule has 0 aliphatic heterocycles. The topological polar surface area (TPSA) is 68.0 Å². The number of benzene rings is 2. The number of nitrogens with zero attached hydrogens (tertiary/aromatic N) is 2. The number of amides is 1.